The topological polar surface area (TPSA) is 26.0 Å². The molecular formula is C13H14FN. The van der Waals surface area contributed by atoms with Crippen LogP contribution in [0.3, 0.4) is 0 Å². The molecule has 2 aromatic carbocycles. The van der Waals surface area contributed by atoms with E-state index < -0.39 is 0 Å². The highest BCUT2D eigenvalue weighted by molar-refractivity contribution is 5.83. The van der Waals surface area contributed by atoms with Gasteiger partial charge in [0.1, 0.15) is 5.82 Å². The third kappa shape index (κ3) is 2.16. The van der Waals surface area contributed by atoms with Crippen LogP contribution in [-0.2, 0) is 6.42 Å². The van der Waals surface area contributed by atoms with Crippen molar-refractivity contribution in [3.63, 3.8) is 0 Å². The lowest BCUT2D eigenvalue weighted by atomic mass is 10.0. The lowest BCUT2D eigenvalue weighted by Gasteiger charge is -2.06. The molecule has 2 N–H and O–H groups in total. The van der Waals surface area contributed by atoms with Crippen LogP contribution in [0.4, 0.5) is 4.39 Å². The molecule has 0 fully saturated rings. The standard InChI is InChI=1S/C13H14FN/c1-9(15)7-10-5-6-12-11(8-10)3-2-4-13(12)14/h2-6,8-9H,7,15H2,1H3. The van der Waals surface area contributed by atoms with Crippen LogP contribution in [0.1, 0.15) is 12.5 Å². The Hall–Kier alpha value is -1.41. The van der Waals surface area contributed by atoms with E-state index in [4.69, 9.17) is 5.73 Å². The molecule has 2 rings (SSSR count). The van der Waals surface area contributed by atoms with E-state index in [0.29, 0.717) is 5.39 Å². The second-order valence-corrected chi connectivity index (χ2v) is 3.98. The number of halogens is 1. The van der Waals surface area contributed by atoms with Crippen molar-refractivity contribution in [2.75, 3.05) is 0 Å². The van der Waals surface area contributed by atoms with Crippen molar-refractivity contribution in [2.24, 2.45) is 5.73 Å². The van der Waals surface area contributed by atoms with Crippen LogP contribution in [0.15, 0.2) is 36.4 Å². The van der Waals surface area contributed by atoms with Crippen molar-refractivity contribution >= 4 is 10.8 Å². The molecule has 1 nitrogen and oxygen atoms in total. The maximum absolute atomic E-state index is 13.4. The van der Waals surface area contributed by atoms with Crippen molar-refractivity contribution in [1.29, 1.82) is 0 Å². The Morgan fingerprint density at radius 1 is 1.27 bits per heavy atom. The Bertz CT molecular complexity index is 477. The highest BCUT2D eigenvalue weighted by Gasteiger charge is 2.02. The normalized spacial score (nSPS) is 13.0. The van der Waals surface area contributed by atoms with E-state index in [1.807, 2.05) is 31.2 Å². The first-order valence-corrected chi connectivity index (χ1v) is 5.09. The van der Waals surface area contributed by atoms with Crippen LogP contribution in [0.25, 0.3) is 10.8 Å². The number of hydrogen-bond acceptors (Lipinski definition) is 1. The first kappa shape index (κ1) is 10.1. The number of nitrogens with two attached hydrogens (primary N) is 1. The Labute approximate surface area is 88.7 Å². The maximum atomic E-state index is 13.4. The van der Waals surface area contributed by atoms with Gasteiger partial charge in [0, 0.05) is 11.4 Å². The molecule has 0 aliphatic rings. The van der Waals surface area contributed by atoms with Gasteiger partial charge in [0.15, 0.2) is 0 Å². The fourth-order valence-corrected chi connectivity index (χ4v) is 1.79. The van der Waals surface area contributed by atoms with Gasteiger partial charge in [-0.05, 0) is 30.4 Å². The average Bonchev–Trinajstić information content (AvgIpc) is 2.17. The molecule has 0 saturated carbocycles. The van der Waals surface area contributed by atoms with E-state index >= 15 is 0 Å². The molecule has 0 spiro atoms. The zero-order valence-corrected chi connectivity index (χ0v) is 8.70. The van der Waals surface area contributed by atoms with Crippen molar-refractivity contribution in [1.82, 2.24) is 0 Å². The lowest BCUT2D eigenvalue weighted by molar-refractivity contribution is 0.640. The van der Waals surface area contributed by atoms with E-state index in [1.54, 1.807) is 6.07 Å². The van der Waals surface area contributed by atoms with E-state index in [1.165, 1.54) is 6.07 Å². The third-order valence-corrected chi connectivity index (χ3v) is 2.45. The summed E-state index contributed by atoms with van der Waals surface area (Å²) in [6.07, 6.45) is 0.826. The summed E-state index contributed by atoms with van der Waals surface area (Å²) in [5, 5.41) is 1.61. The van der Waals surface area contributed by atoms with Crippen LogP contribution >= 0.6 is 0 Å². The summed E-state index contributed by atoms with van der Waals surface area (Å²) in [7, 11) is 0. The second kappa shape index (κ2) is 3.99. The van der Waals surface area contributed by atoms with E-state index in [2.05, 4.69) is 0 Å². The number of fused-ring (bicyclic) bond motifs is 1. The van der Waals surface area contributed by atoms with Gasteiger partial charge in [-0.25, -0.2) is 4.39 Å². The predicted octanol–water partition coefficient (Wildman–Crippen LogP) is 2.87. The van der Waals surface area contributed by atoms with Gasteiger partial charge in [-0.2, -0.15) is 0 Å². The first-order chi connectivity index (χ1) is 7.16. The summed E-state index contributed by atoms with van der Waals surface area (Å²) in [4.78, 5) is 0. The summed E-state index contributed by atoms with van der Waals surface area (Å²) >= 11 is 0. The SMILES string of the molecule is CC(N)Cc1ccc2c(F)cccc2c1. The van der Waals surface area contributed by atoms with E-state index in [0.717, 1.165) is 17.4 Å². The zero-order chi connectivity index (χ0) is 10.8. The predicted molar refractivity (Wildman–Crippen MR) is 61.3 cm³/mol. The summed E-state index contributed by atoms with van der Waals surface area (Å²) in [5.74, 6) is -0.167. The molecule has 0 aliphatic carbocycles. The molecule has 0 amide bonds. The Morgan fingerprint density at radius 2 is 2.07 bits per heavy atom. The monoisotopic (exact) mass is 203 g/mol. The zero-order valence-electron chi connectivity index (χ0n) is 8.70. The van der Waals surface area contributed by atoms with Gasteiger partial charge in [0.2, 0.25) is 0 Å². The van der Waals surface area contributed by atoms with Crippen LogP contribution in [0, 0.1) is 5.82 Å². The van der Waals surface area contributed by atoms with Crippen molar-refractivity contribution in [2.45, 2.75) is 19.4 Å². The van der Waals surface area contributed by atoms with Crippen molar-refractivity contribution < 1.29 is 4.39 Å². The van der Waals surface area contributed by atoms with Gasteiger partial charge in [-0.1, -0.05) is 30.3 Å². The van der Waals surface area contributed by atoms with Gasteiger partial charge in [0.25, 0.3) is 0 Å². The fraction of sp³-hybridized carbons (Fsp3) is 0.231. The van der Waals surface area contributed by atoms with Gasteiger partial charge in [-0.3, -0.25) is 0 Å². The minimum Gasteiger partial charge on any atom is -0.328 e. The molecule has 15 heavy (non-hydrogen) atoms. The Balaban J connectivity index is 2.48. The molecular weight excluding hydrogens is 189 g/mol. The molecule has 0 bridgehead atoms. The van der Waals surface area contributed by atoms with Gasteiger partial charge >= 0.3 is 0 Å². The van der Waals surface area contributed by atoms with Crippen molar-refractivity contribution in [3.8, 4) is 0 Å². The molecule has 2 aromatic rings. The second-order valence-electron chi connectivity index (χ2n) is 3.98. The molecule has 1 atom stereocenters. The van der Waals surface area contributed by atoms with E-state index in [-0.39, 0.29) is 11.9 Å². The molecule has 78 valence electrons. The average molecular weight is 203 g/mol. The smallest absolute Gasteiger partial charge is 0.131 e. The van der Waals surface area contributed by atoms with Gasteiger partial charge in [-0.15, -0.1) is 0 Å². The Morgan fingerprint density at radius 3 is 2.80 bits per heavy atom. The summed E-state index contributed by atoms with van der Waals surface area (Å²) in [6.45, 7) is 1.97. The number of hydrogen-bond donors (Lipinski definition) is 1. The third-order valence-electron chi connectivity index (χ3n) is 2.45. The molecule has 0 aliphatic heterocycles. The largest absolute Gasteiger partial charge is 0.328 e. The van der Waals surface area contributed by atoms with Crippen LogP contribution in [-0.4, -0.2) is 6.04 Å². The summed E-state index contributed by atoms with van der Waals surface area (Å²) in [6, 6.07) is 11.0. The number of benzene rings is 2. The van der Waals surface area contributed by atoms with Crippen molar-refractivity contribution in [3.05, 3.63) is 47.8 Å². The van der Waals surface area contributed by atoms with Crippen LogP contribution in [0.2, 0.25) is 0 Å². The lowest BCUT2D eigenvalue weighted by Crippen LogP contribution is -2.17. The molecule has 0 saturated heterocycles. The molecule has 0 radical (unpaired) electrons. The summed E-state index contributed by atoms with van der Waals surface area (Å²) < 4.78 is 13.4. The van der Waals surface area contributed by atoms with E-state index in [9.17, 15) is 4.39 Å². The van der Waals surface area contributed by atoms with Crippen LogP contribution in [0.5, 0.6) is 0 Å². The molecule has 0 heterocycles. The quantitative estimate of drug-likeness (QED) is 0.798. The van der Waals surface area contributed by atoms with Crippen LogP contribution < -0.4 is 5.73 Å². The summed E-state index contributed by atoms with van der Waals surface area (Å²) in [5.41, 5.74) is 6.88. The van der Waals surface area contributed by atoms with Gasteiger partial charge < -0.3 is 5.73 Å². The highest BCUT2D eigenvalue weighted by Crippen LogP contribution is 2.19. The molecule has 0 aromatic heterocycles. The highest BCUT2D eigenvalue weighted by atomic mass is 19.1. The Kier molecular flexibility index (Phi) is 2.69. The number of rotatable bonds is 2. The minimum absolute atomic E-state index is 0.135. The van der Waals surface area contributed by atoms with Gasteiger partial charge in [0.05, 0.1) is 0 Å². The maximum Gasteiger partial charge on any atom is 0.131 e. The molecule has 1 unspecified atom stereocenters. The fourth-order valence-electron chi connectivity index (χ4n) is 1.79. The minimum atomic E-state index is -0.167. The molecule has 2 heteroatoms. The first-order valence-electron chi connectivity index (χ1n) is 5.09.